The lowest BCUT2D eigenvalue weighted by molar-refractivity contribution is 0.00160. The number of rotatable bonds is 7. The first-order valence-corrected chi connectivity index (χ1v) is 10.1. The summed E-state index contributed by atoms with van der Waals surface area (Å²) >= 11 is 0. The van der Waals surface area contributed by atoms with Crippen LogP contribution in [0, 0.1) is 11.6 Å². The summed E-state index contributed by atoms with van der Waals surface area (Å²) in [7, 11) is 0. The van der Waals surface area contributed by atoms with E-state index in [1.807, 2.05) is 6.92 Å². The second-order valence-electron chi connectivity index (χ2n) is 7.16. The molecule has 2 nitrogen and oxygen atoms in total. The molecule has 150 valence electrons. The Labute approximate surface area is 166 Å². The first-order valence-electron chi connectivity index (χ1n) is 10.1. The van der Waals surface area contributed by atoms with Gasteiger partial charge < -0.3 is 9.47 Å². The van der Waals surface area contributed by atoms with Crippen molar-refractivity contribution in [2.75, 3.05) is 13.2 Å². The third-order valence-electron chi connectivity index (χ3n) is 5.28. The molecule has 4 heteroatoms. The molecule has 2 aromatic carbocycles. The fourth-order valence-electron chi connectivity index (χ4n) is 3.70. The van der Waals surface area contributed by atoms with E-state index >= 15 is 0 Å². The Morgan fingerprint density at radius 2 is 1.86 bits per heavy atom. The van der Waals surface area contributed by atoms with Gasteiger partial charge in [0.25, 0.3) is 0 Å². The number of benzene rings is 2. The van der Waals surface area contributed by atoms with Crippen molar-refractivity contribution in [3.05, 3.63) is 76.9 Å². The topological polar surface area (TPSA) is 18.5 Å². The third kappa shape index (κ3) is 4.79. The highest BCUT2D eigenvalue weighted by Gasteiger charge is 2.27. The van der Waals surface area contributed by atoms with Gasteiger partial charge in [0.15, 0.2) is 11.6 Å². The smallest absolute Gasteiger partial charge is 0.200 e. The standard InChI is InChI=1S/C24H28F2O2/c1-3-5-6-7-17-8-10-18(11-9-17)21-14-12-19(16-28-21)20-13-15-22(27-4-2)24(26)23(20)25/h3,5,8-11,13,15,19,21H,4,6-7,12,14,16H2,1-2H3/b5-3+. The van der Waals surface area contributed by atoms with Gasteiger partial charge in [-0.15, -0.1) is 0 Å². The van der Waals surface area contributed by atoms with Gasteiger partial charge in [0.1, 0.15) is 0 Å². The highest BCUT2D eigenvalue weighted by Crippen LogP contribution is 2.37. The average molecular weight is 386 g/mol. The van der Waals surface area contributed by atoms with Gasteiger partial charge in [-0.25, -0.2) is 4.39 Å². The second-order valence-corrected chi connectivity index (χ2v) is 7.16. The molecule has 0 aromatic heterocycles. The van der Waals surface area contributed by atoms with Crippen molar-refractivity contribution in [3.63, 3.8) is 0 Å². The predicted octanol–water partition coefficient (Wildman–Crippen LogP) is 6.51. The quantitative estimate of drug-likeness (QED) is 0.505. The highest BCUT2D eigenvalue weighted by molar-refractivity contribution is 5.33. The molecule has 0 aliphatic carbocycles. The molecule has 2 unspecified atom stereocenters. The van der Waals surface area contributed by atoms with Crippen LogP contribution in [-0.2, 0) is 11.2 Å². The van der Waals surface area contributed by atoms with E-state index in [2.05, 4.69) is 36.4 Å². The van der Waals surface area contributed by atoms with E-state index in [0.29, 0.717) is 18.8 Å². The van der Waals surface area contributed by atoms with Gasteiger partial charge >= 0.3 is 0 Å². The minimum atomic E-state index is -0.907. The number of allylic oxidation sites excluding steroid dienone is 2. The molecule has 0 amide bonds. The Bertz CT molecular complexity index is 791. The molecule has 1 aliphatic rings. The summed E-state index contributed by atoms with van der Waals surface area (Å²) in [5, 5.41) is 0. The van der Waals surface area contributed by atoms with Crippen molar-refractivity contribution in [1.29, 1.82) is 0 Å². The lowest BCUT2D eigenvalue weighted by atomic mass is 9.89. The van der Waals surface area contributed by atoms with Gasteiger partial charge in [-0.3, -0.25) is 0 Å². The fraction of sp³-hybridized carbons (Fsp3) is 0.417. The summed E-state index contributed by atoms with van der Waals surface area (Å²) in [4.78, 5) is 0. The first-order chi connectivity index (χ1) is 13.6. The van der Waals surface area contributed by atoms with Gasteiger partial charge in [-0.1, -0.05) is 42.5 Å². The Balaban J connectivity index is 1.61. The molecule has 28 heavy (non-hydrogen) atoms. The number of hydrogen-bond donors (Lipinski definition) is 0. The van der Waals surface area contributed by atoms with Crippen LogP contribution in [0.1, 0.15) is 61.8 Å². The molecular weight excluding hydrogens is 358 g/mol. The van der Waals surface area contributed by atoms with E-state index < -0.39 is 11.6 Å². The van der Waals surface area contributed by atoms with E-state index in [1.165, 1.54) is 11.6 Å². The summed E-state index contributed by atoms with van der Waals surface area (Å²) in [6.45, 7) is 4.47. The number of aryl methyl sites for hydroxylation is 1. The molecule has 0 saturated carbocycles. The van der Waals surface area contributed by atoms with Crippen LogP contribution >= 0.6 is 0 Å². The Hall–Kier alpha value is -2.20. The van der Waals surface area contributed by atoms with Crippen molar-refractivity contribution in [1.82, 2.24) is 0 Å². The van der Waals surface area contributed by atoms with Crippen LogP contribution in [0.3, 0.4) is 0 Å². The highest BCUT2D eigenvalue weighted by atomic mass is 19.2. The van der Waals surface area contributed by atoms with Crippen LogP contribution in [0.25, 0.3) is 0 Å². The molecule has 1 aliphatic heterocycles. The van der Waals surface area contributed by atoms with Gasteiger partial charge in [-0.2, -0.15) is 4.39 Å². The van der Waals surface area contributed by atoms with Crippen LogP contribution in [0.5, 0.6) is 5.75 Å². The van der Waals surface area contributed by atoms with Crippen LogP contribution in [0.2, 0.25) is 0 Å². The van der Waals surface area contributed by atoms with E-state index in [0.717, 1.165) is 31.2 Å². The third-order valence-corrected chi connectivity index (χ3v) is 5.28. The maximum absolute atomic E-state index is 14.4. The molecule has 2 aromatic rings. The van der Waals surface area contributed by atoms with Crippen molar-refractivity contribution in [2.45, 2.75) is 51.6 Å². The molecule has 1 fully saturated rings. The molecule has 3 rings (SSSR count). The predicted molar refractivity (Wildman–Crippen MR) is 108 cm³/mol. The summed E-state index contributed by atoms with van der Waals surface area (Å²) in [6, 6.07) is 11.7. The summed E-state index contributed by atoms with van der Waals surface area (Å²) in [6.07, 6.45) is 7.87. The van der Waals surface area contributed by atoms with Crippen molar-refractivity contribution in [3.8, 4) is 5.75 Å². The van der Waals surface area contributed by atoms with Crippen LogP contribution in [0.4, 0.5) is 8.78 Å². The molecule has 0 N–H and O–H groups in total. The van der Waals surface area contributed by atoms with Crippen molar-refractivity contribution in [2.24, 2.45) is 0 Å². The monoisotopic (exact) mass is 386 g/mol. The van der Waals surface area contributed by atoms with Gasteiger partial charge in [0, 0.05) is 5.92 Å². The molecule has 0 radical (unpaired) electrons. The number of hydrogen-bond acceptors (Lipinski definition) is 2. The zero-order chi connectivity index (χ0) is 19.9. The van der Waals surface area contributed by atoms with E-state index in [-0.39, 0.29) is 17.8 Å². The minimum Gasteiger partial charge on any atom is -0.491 e. The normalized spacial score (nSPS) is 19.9. The van der Waals surface area contributed by atoms with E-state index in [4.69, 9.17) is 9.47 Å². The van der Waals surface area contributed by atoms with Gasteiger partial charge in [0.05, 0.1) is 19.3 Å². The first kappa shape index (κ1) is 20.5. The molecule has 1 heterocycles. The molecule has 0 spiro atoms. The average Bonchev–Trinajstić information content (AvgIpc) is 2.73. The van der Waals surface area contributed by atoms with Crippen LogP contribution < -0.4 is 4.74 Å². The lowest BCUT2D eigenvalue weighted by Crippen LogP contribution is -2.20. The summed E-state index contributed by atoms with van der Waals surface area (Å²) in [5.41, 5.74) is 2.83. The second kappa shape index (κ2) is 9.83. The number of halogens is 2. The lowest BCUT2D eigenvalue weighted by Gasteiger charge is -2.30. The maximum atomic E-state index is 14.4. The Morgan fingerprint density at radius 1 is 1.07 bits per heavy atom. The van der Waals surface area contributed by atoms with E-state index in [9.17, 15) is 8.78 Å². The molecule has 0 bridgehead atoms. The van der Waals surface area contributed by atoms with Gasteiger partial charge in [0.2, 0.25) is 5.82 Å². The van der Waals surface area contributed by atoms with E-state index in [1.54, 1.807) is 13.0 Å². The SMILES string of the molecule is C/C=C/CCc1ccc(C2CCC(c3ccc(OCC)c(F)c3F)CO2)cc1. The van der Waals surface area contributed by atoms with Crippen molar-refractivity contribution < 1.29 is 18.3 Å². The fourth-order valence-corrected chi connectivity index (χ4v) is 3.70. The van der Waals surface area contributed by atoms with Crippen LogP contribution in [0.15, 0.2) is 48.6 Å². The Morgan fingerprint density at radius 3 is 2.50 bits per heavy atom. The molecular formula is C24H28F2O2. The largest absolute Gasteiger partial charge is 0.491 e. The van der Waals surface area contributed by atoms with Gasteiger partial charge in [-0.05, 0) is 62.3 Å². The van der Waals surface area contributed by atoms with Crippen LogP contribution in [-0.4, -0.2) is 13.2 Å². The zero-order valence-electron chi connectivity index (χ0n) is 16.6. The van der Waals surface area contributed by atoms with Crippen molar-refractivity contribution >= 4 is 0 Å². The number of ether oxygens (including phenoxy) is 2. The summed E-state index contributed by atoms with van der Waals surface area (Å²) < 4.78 is 39.7. The molecule has 2 atom stereocenters. The zero-order valence-corrected chi connectivity index (χ0v) is 16.6. The summed E-state index contributed by atoms with van der Waals surface area (Å²) in [5.74, 6) is -1.90. The minimum absolute atomic E-state index is 0.0106. The Kier molecular flexibility index (Phi) is 7.21. The molecule has 1 saturated heterocycles. The maximum Gasteiger partial charge on any atom is 0.200 e.